The molecule has 0 fully saturated rings. The van der Waals surface area contributed by atoms with Crippen LogP contribution in [0.4, 0.5) is 10.1 Å². The molecular formula is C27H34FN3O6. The highest BCUT2D eigenvalue weighted by Gasteiger charge is 2.31. The van der Waals surface area contributed by atoms with Crippen molar-refractivity contribution >= 4 is 23.4 Å². The van der Waals surface area contributed by atoms with Crippen LogP contribution in [0.1, 0.15) is 34.6 Å². The summed E-state index contributed by atoms with van der Waals surface area (Å²) in [4.78, 5) is 41.9. The molecule has 0 aromatic heterocycles. The molecule has 0 bridgehead atoms. The Bertz CT molecular complexity index is 1130. The van der Waals surface area contributed by atoms with E-state index in [1.54, 1.807) is 50.2 Å². The Hall–Kier alpha value is -3.50. The van der Waals surface area contributed by atoms with Crippen LogP contribution in [-0.2, 0) is 14.3 Å². The monoisotopic (exact) mass is 515 g/mol. The van der Waals surface area contributed by atoms with Crippen molar-refractivity contribution < 1.29 is 33.0 Å². The van der Waals surface area contributed by atoms with Gasteiger partial charge in [0.25, 0.3) is 11.8 Å². The molecule has 1 N–H and O–H groups in total. The quantitative estimate of drug-likeness (QED) is 0.658. The van der Waals surface area contributed by atoms with Crippen LogP contribution in [0.15, 0.2) is 42.5 Å². The molecule has 37 heavy (non-hydrogen) atoms. The van der Waals surface area contributed by atoms with Gasteiger partial charge >= 0.3 is 0 Å². The molecule has 0 radical (unpaired) electrons. The predicted octanol–water partition coefficient (Wildman–Crippen LogP) is 3.06. The lowest BCUT2D eigenvalue weighted by molar-refractivity contribution is -0.119. The van der Waals surface area contributed by atoms with Crippen LogP contribution in [0, 0.1) is 11.7 Å². The Morgan fingerprint density at radius 1 is 1.14 bits per heavy atom. The fourth-order valence-electron chi connectivity index (χ4n) is 4.25. The van der Waals surface area contributed by atoms with Gasteiger partial charge in [-0.05, 0) is 31.2 Å². The van der Waals surface area contributed by atoms with Crippen LogP contribution >= 0.6 is 0 Å². The third-order valence-electron chi connectivity index (χ3n) is 6.37. The molecule has 3 rings (SSSR count). The molecule has 9 nitrogen and oxygen atoms in total. The van der Waals surface area contributed by atoms with E-state index in [0.29, 0.717) is 11.3 Å². The highest BCUT2D eigenvalue weighted by atomic mass is 19.1. The summed E-state index contributed by atoms with van der Waals surface area (Å²) in [7, 11) is 4.64. The number of ether oxygens (including phenoxy) is 3. The number of anilines is 1. The minimum Gasteiger partial charge on any atom is -0.491 e. The molecule has 200 valence electrons. The summed E-state index contributed by atoms with van der Waals surface area (Å²) in [6.07, 6.45) is -0.381. The van der Waals surface area contributed by atoms with Gasteiger partial charge in [0, 0.05) is 52.0 Å². The Morgan fingerprint density at radius 2 is 1.86 bits per heavy atom. The van der Waals surface area contributed by atoms with Crippen molar-refractivity contribution in [2.24, 2.45) is 5.92 Å². The van der Waals surface area contributed by atoms with Gasteiger partial charge in [0.05, 0.1) is 23.3 Å². The maximum atomic E-state index is 14.5. The smallest absolute Gasteiger partial charge is 0.257 e. The zero-order valence-electron chi connectivity index (χ0n) is 21.8. The molecule has 1 heterocycles. The molecule has 3 atom stereocenters. The van der Waals surface area contributed by atoms with E-state index in [2.05, 4.69) is 5.32 Å². The topological polar surface area (TPSA) is 97.4 Å². The summed E-state index contributed by atoms with van der Waals surface area (Å²) in [6.45, 7) is 4.16. The van der Waals surface area contributed by atoms with E-state index in [0.717, 1.165) is 0 Å². The number of rotatable bonds is 5. The lowest BCUT2D eigenvalue weighted by Gasteiger charge is -2.36. The highest BCUT2D eigenvalue weighted by Crippen LogP contribution is 2.27. The summed E-state index contributed by atoms with van der Waals surface area (Å²) in [5.41, 5.74) is 0.701. The Labute approximate surface area is 216 Å². The molecule has 1 aliphatic rings. The number of fused-ring (bicyclic) bond motifs is 1. The van der Waals surface area contributed by atoms with Crippen molar-refractivity contribution in [1.29, 1.82) is 0 Å². The zero-order valence-corrected chi connectivity index (χ0v) is 21.8. The number of nitrogens with zero attached hydrogens (tertiary/aromatic N) is 2. The van der Waals surface area contributed by atoms with E-state index in [1.165, 1.54) is 30.2 Å². The van der Waals surface area contributed by atoms with Crippen LogP contribution < -0.4 is 10.1 Å². The highest BCUT2D eigenvalue weighted by molar-refractivity contribution is 5.98. The maximum Gasteiger partial charge on any atom is 0.257 e. The Balaban J connectivity index is 1.99. The molecule has 0 aliphatic carbocycles. The summed E-state index contributed by atoms with van der Waals surface area (Å²) in [5, 5.41) is 2.70. The average Bonchev–Trinajstić information content (AvgIpc) is 2.87. The first kappa shape index (κ1) is 28.1. The van der Waals surface area contributed by atoms with Crippen molar-refractivity contribution in [2.45, 2.75) is 26.0 Å². The van der Waals surface area contributed by atoms with E-state index in [9.17, 15) is 18.8 Å². The Morgan fingerprint density at radius 3 is 2.54 bits per heavy atom. The van der Waals surface area contributed by atoms with Gasteiger partial charge in [0.15, 0.2) is 0 Å². The van der Waals surface area contributed by atoms with E-state index in [-0.39, 0.29) is 61.5 Å². The molecular weight excluding hydrogens is 481 g/mol. The second kappa shape index (κ2) is 12.6. The summed E-state index contributed by atoms with van der Waals surface area (Å²) >= 11 is 0. The lowest BCUT2D eigenvalue weighted by Crippen LogP contribution is -2.48. The maximum absolute atomic E-state index is 14.5. The minimum atomic E-state index is -0.602. The van der Waals surface area contributed by atoms with Gasteiger partial charge < -0.3 is 29.3 Å². The number of hydrogen-bond donors (Lipinski definition) is 1. The second-order valence-electron chi connectivity index (χ2n) is 9.23. The zero-order chi connectivity index (χ0) is 27.1. The molecule has 10 heteroatoms. The molecule has 2 aromatic carbocycles. The van der Waals surface area contributed by atoms with E-state index >= 15 is 0 Å². The average molecular weight is 516 g/mol. The number of likely N-dealkylation sites (N-methyl/N-ethyl adjacent to an activating group) is 1. The lowest BCUT2D eigenvalue weighted by atomic mass is 10.0. The van der Waals surface area contributed by atoms with Crippen LogP contribution in [0.2, 0.25) is 0 Å². The molecule has 0 saturated heterocycles. The number of carbonyl (C=O) groups excluding carboxylic acids is 3. The third-order valence-corrected chi connectivity index (χ3v) is 6.37. The number of nitrogens with one attached hydrogen (secondary N) is 1. The van der Waals surface area contributed by atoms with E-state index in [4.69, 9.17) is 14.2 Å². The van der Waals surface area contributed by atoms with Gasteiger partial charge in [-0.3, -0.25) is 14.4 Å². The van der Waals surface area contributed by atoms with Crippen LogP contribution in [0.3, 0.4) is 0 Å². The molecule has 1 aliphatic heterocycles. The van der Waals surface area contributed by atoms with Crippen molar-refractivity contribution in [3.05, 3.63) is 59.4 Å². The predicted molar refractivity (Wildman–Crippen MR) is 136 cm³/mol. The number of benzene rings is 2. The third kappa shape index (κ3) is 6.84. The summed E-state index contributed by atoms with van der Waals surface area (Å²) in [6, 6.07) is 10.1. The van der Waals surface area contributed by atoms with Crippen LogP contribution in [0.25, 0.3) is 0 Å². The minimum absolute atomic E-state index is 0.0292. The number of halogens is 1. The van der Waals surface area contributed by atoms with E-state index in [1.807, 2.05) is 6.92 Å². The largest absolute Gasteiger partial charge is 0.491 e. The van der Waals surface area contributed by atoms with Crippen molar-refractivity contribution in [3.63, 3.8) is 0 Å². The van der Waals surface area contributed by atoms with Gasteiger partial charge in [0.2, 0.25) is 5.91 Å². The first-order valence-electron chi connectivity index (χ1n) is 12.1. The van der Waals surface area contributed by atoms with Crippen molar-refractivity contribution in [1.82, 2.24) is 9.80 Å². The fraction of sp³-hybridized carbons (Fsp3) is 0.444. The van der Waals surface area contributed by atoms with Gasteiger partial charge in [-0.25, -0.2) is 4.39 Å². The molecule has 3 amide bonds. The molecule has 0 unspecified atom stereocenters. The molecule has 2 aromatic rings. The SMILES string of the molecule is COCC(=O)Nc1ccc2c(c1)OC[C@@H](C)N(C(=O)c1ccccc1F)C[C@H](C)[C@H](OC)CN(C)C2=O. The first-order chi connectivity index (χ1) is 17.7. The standard InChI is InChI=1S/C27H34FN3O6/c1-17-13-31(27(34)20-8-6-7-9-22(20)28)18(2)15-37-23-12-19(29-25(32)16-35-4)10-11-21(23)26(33)30(3)14-24(17)36-5/h6-12,17-18,24H,13-16H2,1-5H3,(H,29,32)/t17-,18+,24+/m0/s1. The molecule has 0 spiro atoms. The van der Waals surface area contributed by atoms with Crippen molar-refractivity contribution in [2.75, 3.05) is 52.9 Å². The van der Waals surface area contributed by atoms with Crippen molar-refractivity contribution in [3.8, 4) is 5.75 Å². The van der Waals surface area contributed by atoms with Gasteiger partial charge in [-0.1, -0.05) is 19.1 Å². The van der Waals surface area contributed by atoms with Crippen LogP contribution in [0.5, 0.6) is 5.75 Å². The van der Waals surface area contributed by atoms with E-state index < -0.39 is 17.8 Å². The number of carbonyl (C=O) groups is 3. The van der Waals surface area contributed by atoms with Gasteiger partial charge in [-0.2, -0.15) is 0 Å². The Kier molecular flexibility index (Phi) is 9.60. The number of methoxy groups -OCH3 is 2. The van der Waals surface area contributed by atoms with Gasteiger partial charge in [-0.15, -0.1) is 0 Å². The summed E-state index contributed by atoms with van der Waals surface area (Å²) < 4.78 is 31.1. The second-order valence-corrected chi connectivity index (χ2v) is 9.23. The normalized spacial score (nSPS) is 20.8. The number of amides is 3. The van der Waals surface area contributed by atoms with Crippen LogP contribution in [-0.4, -0.2) is 87.2 Å². The summed E-state index contributed by atoms with van der Waals surface area (Å²) in [5.74, 6) is -1.61. The first-order valence-corrected chi connectivity index (χ1v) is 12.1. The fourth-order valence-corrected chi connectivity index (χ4v) is 4.25. The number of hydrogen-bond acceptors (Lipinski definition) is 6. The van der Waals surface area contributed by atoms with Gasteiger partial charge in [0.1, 0.15) is 24.8 Å². The molecule has 0 saturated carbocycles.